The fourth-order valence-corrected chi connectivity index (χ4v) is 1.26. The van der Waals surface area contributed by atoms with Gasteiger partial charge >= 0.3 is 0 Å². The normalized spacial score (nSPS) is 10.5. The zero-order chi connectivity index (χ0) is 9.26. The van der Waals surface area contributed by atoms with Crippen molar-refractivity contribution >= 4 is 16.9 Å². The Bertz CT molecular complexity index is 447. The highest BCUT2D eigenvalue weighted by molar-refractivity contribution is 5.90. The van der Waals surface area contributed by atoms with Gasteiger partial charge < -0.3 is 5.73 Å². The first-order chi connectivity index (χ1) is 6.33. The van der Waals surface area contributed by atoms with Crippen LogP contribution >= 0.6 is 0 Å². The highest BCUT2D eigenvalue weighted by Gasteiger charge is 2.06. The van der Waals surface area contributed by atoms with Crippen molar-refractivity contribution in [2.75, 3.05) is 6.54 Å². The Kier molecular flexibility index (Phi) is 1.83. The Morgan fingerprint density at radius 2 is 2.23 bits per heavy atom. The van der Waals surface area contributed by atoms with Gasteiger partial charge in [0.1, 0.15) is 6.33 Å². The van der Waals surface area contributed by atoms with Crippen LogP contribution in [0.1, 0.15) is 4.79 Å². The Balaban J connectivity index is 2.64. The number of para-hydroxylation sites is 2. The van der Waals surface area contributed by atoms with Crippen LogP contribution in [-0.4, -0.2) is 22.0 Å². The van der Waals surface area contributed by atoms with Gasteiger partial charge in [-0.3, -0.25) is 9.36 Å². The number of rotatable bonds is 1. The summed E-state index contributed by atoms with van der Waals surface area (Å²) in [6.07, 6.45) is 1.50. The maximum absolute atomic E-state index is 11.3. The molecule has 0 atom stereocenters. The molecule has 2 rings (SSSR count). The molecule has 0 bridgehead atoms. The average Bonchev–Trinajstić information content (AvgIpc) is 2.60. The molecule has 0 aliphatic rings. The molecule has 13 heavy (non-hydrogen) atoms. The molecule has 1 aromatic heterocycles. The van der Waals surface area contributed by atoms with Gasteiger partial charge in [0.25, 0.3) is 0 Å². The fraction of sp³-hybridized carbons (Fsp3) is 0.111. The summed E-state index contributed by atoms with van der Waals surface area (Å²) in [5.74, 6) is -0.145. The largest absolute Gasteiger partial charge is 0.322 e. The van der Waals surface area contributed by atoms with Gasteiger partial charge in [-0.1, -0.05) is 12.1 Å². The van der Waals surface area contributed by atoms with Crippen LogP contribution in [0.3, 0.4) is 0 Å². The van der Waals surface area contributed by atoms with Gasteiger partial charge in [0.05, 0.1) is 17.6 Å². The molecule has 66 valence electrons. The summed E-state index contributed by atoms with van der Waals surface area (Å²) in [5, 5.41) is 0. The Morgan fingerprint density at radius 1 is 1.46 bits per heavy atom. The standard InChI is InChI=1S/C9H9N3O/c10-5-9(13)12-6-11-7-3-1-2-4-8(7)12/h1-4,6H,5,10H2. The van der Waals surface area contributed by atoms with E-state index in [1.165, 1.54) is 10.9 Å². The lowest BCUT2D eigenvalue weighted by Crippen LogP contribution is -2.20. The molecule has 1 heterocycles. The number of fused-ring (bicyclic) bond motifs is 1. The van der Waals surface area contributed by atoms with Crippen molar-refractivity contribution in [2.24, 2.45) is 5.73 Å². The van der Waals surface area contributed by atoms with E-state index < -0.39 is 0 Å². The van der Waals surface area contributed by atoms with Gasteiger partial charge in [-0.25, -0.2) is 4.98 Å². The molecule has 4 heteroatoms. The van der Waals surface area contributed by atoms with E-state index in [1.54, 1.807) is 0 Å². The molecular weight excluding hydrogens is 166 g/mol. The summed E-state index contributed by atoms with van der Waals surface area (Å²) in [5.41, 5.74) is 6.87. The quantitative estimate of drug-likeness (QED) is 0.691. The molecular formula is C9H9N3O. The fourth-order valence-electron chi connectivity index (χ4n) is 1.26. The van der Waals surface area contributed by atoms with Crippen molar-refractivity contribution in [3.63, 3.8) is 0 Å². The first kappa shape index (κ1) is 7.94. The molecule has 0 aliphatic heterocycles. The van der Waals surface area contributed by atoms with Crippen LogP contribution in [0.25, 0.3) is 11.0 Å². The van der Waals surface area contributed by atoms with E-state index in [-0.39, 0.29) is 12.5 Å². The Hall–Kier alpha value is -1.68. The minimum absolute atomic E-state index is 0.000351. The van der Waals surface area contributed by atoms with E-state index in [0.29, 0.717) is 0 Å². The van der Waals surface area contributed by atoms with Crippen molar-refractivity contribution in [3.8, 4) is 0 Å². The molecule has 0 aliphatic carbocycles. The molecule has 2 aromatic rings. The summed E-state index contributed by atoms with van der Waals surface area (Å²) >= 11 is 0. The van der Waals surface area contributed by atoms with Crippen LogP contribution in [0.15, 0.2) is 30.6 Å². The van der Waals surface area contributed by atoms with Gasteiger partial charge in [0.15, 0.2) is 0 Å². The number of carbonyl (C=O) groups is 1. The summed E-state index contributed by atoms with van der Waals surface area (Å²) in [6.45, 7) is 0.000351. The number of carbonyl (C=O) groups excluding carboxylic acids is 1. The second-order valence-electron chi connectivity index (χ2n) is 2.70. The summed E-state index contributed by atoms with van der Waals surface area (Å²) in [7, 11) is 0. The van der Waals surface area contributed by atoms with E-state index in [2.05, 4.69) is 4.98 Å². The molecule has 0 radical (unpaired) electrons. The van der Waals surface area contributed by atoms with Crippen molar-refractivity contribution in [2.45, 2.75) is 0 Å². The van der Waals surface area contributed by atoms with Crippen LogP contribution in [0.4, 0.5) is 0 Å². The molecule has 0 amide bonds. The summed E-state index contributed by atoms with van der Waals surface area (Å²) < 4.78 is 1.47. The lowest BCUT2D eigenvalue weighted by Gasteiger charge is -1.98. The monoisotopic (exact) mass is 175 g/mol. The van der Waals surface area contributed by atoms with E-state index in [4.69, 9.17) is 5.73 Å². The van der Waals surface area contributed by atoms with Gasteiger partial charge in [0.2, 0.25) is 5.91 Å². The number of imidazole rings is 1. The van der Waals surface area contributed by atoms with Crippen molar-refractivity contribution < 1.29 is 4.79 Å². The number of hydrogen-bond donors (Lipinski definition) is 1. The lowest BCUT2D eigenvalue weighted by atomic mass is 10.3. The zero-order valence-corrected chi connectivity index (χ0v) is 6.97. The van der Waals surface area contributed by atoms with Crippen LogP contribution in [0.2, 0.25) is 0 Å². The van der Waals surface area contributed by atoms with Crippen LogP contribution in [0, 0.1) is 0 Å². The molecule has 0 spiro atoms. The number of benzene rings is 1. The molecule has 0 unspecified atom stereocenters. The molecule has 0 saturated carbocycles. The lowest BCUT2D eigenvalue weighted by molar-refractivity contribution is 0.0928. The molecule has 2 N–H and O–H groups in total. The molecule has 4 nitrogen and oxygen atoms in total. The van der Waals surface area contributed by atoms with Crippen molar-refractivity contribution in [3.05, 3.63) is 30.6 Å². The van der Waals surface area contributed by atoms with Crippen LogP contribution < -0.4 is 5.73 Å². The van der Waals surface area contributed by atoms with Gasteiger partial charge in [0, 0.05) is 0 Å². The van der Waals surface area contributed by atoms with Crippen LogP contribution in [0.5, 0.6) is 0 Å². The van der Waals surface area contributed by atoms with E-state index in [9.17, 15) is 4.79 Å². The Morgan fingerprint density at radius 3 is 3.00 bits per heavy atom. The Labute approximate surface area is 75.0 Å². The molecule has 0 fully saturated rings. The maximum atomic E-state index is 11.3. The first-order valence-corrected chi connectivity index (χ1v) is 3.98. The smallest absolute Gasteiger partial charge is 0.246 e. The minimum Gasteiger partial charge on any atom is -0.322 e. The molecule has 0 saturated heterocycles. The minimum atomic E-state index is -0.145. The molecule has 1 aromatic carbocycles. The van der Waals surface area contributed by atoms with E-state index >= 15 is 0 Å². The number of hydrogen-bond acceptors (Lipinski definition) is 3. The topological polar surface area (TPSA) is 60.9 Å². The summed E-state index contributed by atoms with van der Waals surface area (Å²) in [4.78, 5) is 15.4. The van der Waals surface area contributed by atoms with Gasteiger partial charge in [-0.2, -0.15) is 0 Å². The second-order valence-corrected chi connectivity index (χ2v) is 2.70. The third kappa shape index (κ3) is 1.21. The number of nitrogens with zero attached hydrogens (tertiary/aromatic N) is 2. The third-order valence-corrected chi connectivity index (χ3v) is 1.90. The third-order valence-electron chi connectivity index (χ3n) is 1.90. The van der Waals surface area contributed by atoms with E-state index in [1.807, 2.05) is 24.3 Å². The van der Waals surface area contributed by atoms with Gasteiger partial charge in [-0.05, 0) is 12.1 Å². The SMILES string of the molecule is NCC(=O)n1cnc2ccccc21. The highest BCUT2D eigenvalue weighted by atomic mass is 16.2. The van der Waals surface area contributed by atoms with Crippen molar-refractivity contribution in [1.29, 1.82) is 0 Å². The van der Waals surface area contributed by atoms with E-state index in [0.717, 1.165) is 11.0 Å². The first-order valence-electron chi connectivity index (χ1n) is 3.98. The predicted octanol–water partition coefficient (Wildman–Crippen LogP) is 0.635. The highest BCUT2D eigenvalue weighted by Crippen LogP contribution is 2.10. The predicted molar refractivity (Wildman–Crippen MR) is 49.4 cm³/mol. The second kappa shape index (κ2) is 2.99. The number of nitrogens with two attached hydrogens (primary N) is 1. The average molecular weight is 175 g/mol. The van der Waals surface area contributed by atoms with Gasteiger partial charge in [-0.15, -0.1) is 0 Å². The number of aromatic nitrogens is 2. The zero-order valence-electron chi connectivity index (χ0n) is 6.97. The van der Waals surface area contributed by atoms with Crippen LogP contribution in [-0.2, 0) is 0 Å². The van der Waals surface area contributed by atoms with Crippen molar-refractivity contribution in [1.82, 2.24) is 9.55 Å². The maximum Gasteiger partial charge on any atom is 0.246 e. The summed E-state index contributed by atoms with van der Waals surface area (Å²) in [6, 6.07) is 7.45.